The fourth-order valence-electron chi connectivity index (χ4n) is 2.44. The smallest absolute Gasteiger partial charge is 0.238 e. The Labute approximate surface area is 155 Å². The number of nitrogens with zero attached hydrogens (tertiary/aromatic N) is 4. The second-order valence-corrected chi connectivity index (χ2v) is 6.90. The van der Waals surface area contributed by atoms with E-state index in [4.69, 9.17) is 11.6 Å². The van der Waals surface area contributed by atoms with Crippen LogP contribution >= 0.6 is 22.9 Å². The van der Waals surface area contributed by atoms with Gasteiger partial charge in [-0.15, -0.1) is 11.3 Å². The first-order chi connectivity index (χ1) is 12.2. The minimum Gasteiger partial charge on any atom is -0.323 e. The van der Waals surface area contributed by atoms with Crippen LogP contribution in [0.2, 0.25) is 5.02 Å². The first kappa shape index (κ1) is 17.6. The van der Waals surface area contributed by atoms with E-state index in [-0.39, 0.29) is 5.91 Å². The van der Waals surface area contributed by atoms with Gasteiger partial charge in [-0.25, -0.2) is 9.67 Å². The number of anilines is 1. The Morgan fingerprint density at radius 1 is 1.40 bits per heavy atom. The van der Waals surface area contributed by atoms with E-state index < -0.39 is 0 Å². The van der Waals surface area contributed by atoms with Crippen molar-refractivity contribution in [2.24, 2.45) is 0 Å². The Morgan fingerprint density at radius 3 is 2.96 bits per heavy atom. The minimum atomic E-state index is -0.0953. The van der Waals surface area contributed by atoms with E-state index >= 15 is 0 Å². The maximum Gasteiger partial charge on any atom is 0.238 e. The van der Waals surface area contributed by atoms with Crippen LogP contribution in [-0.2, 0) is 11.3 Å². The van der Waals surface area contributed by atoms with Gasteiger partial charge in [-0.3, -0.25) is 9.69 Å². The lowest BCUT2D eigenvalue weighted by Crippen LogP contribution is -2.32. The van der Waals surface area contributed by atoms with Crippen LogP contribution in [0.5, 0.6) is 0 Å². The number of likely N-dealkylation sites (N-methyl/N-ethyl adjacent to an activating group) is 1. The van der Waals surface area contributed by atoms with Crippen LogP contribution in [0.4, 0.5) is 5.69 Å². The molecular formula is C17H18ClN5OS. The quantitative estimate of drug-likeness (QED) is 0.687. The average Bonchev–Trinajstić information content (AvgIpc) is 3.28. The lowest BCUT2D eigenvalue weighted by Gasteiger charge is -2.19. The van der Waals surface area contributed by atoms with E-state index in [1.54, 1.807) is 40.5 Å². The molecule has 0 aliphatic rings. The summed E-state index contributed by atoms with van der Waals surface area (Å²) >= 11 is 7.77. The average molecular weight is 376 g/mol. The van der Waals surface area contributed by atoms with Crippen molar-refractivity contribution in [3.8, 4) is 5.69 Å². The zero-order valence-electron chi connectivity index (χ0n) is 13.7. The number of benzene rings is 1. The summed E-state index contributed by atoms with van der Waals surface area (Å²) in [5.41, 5.74) is 1.33. The Balaban J connectivity index is 1.71. The van der Waals surface area contributed by atoms with Gasteiger partial charge in [0, 0.05) is 16.4 Å². The normalized spacial score (nSPS) is 11.0. The van der Waals surface area contributed by atoms with Crippen molar-refractivity contribution < 1.29 is 4.79 Å². The summed E-state index contributed by atoms with van der Waals surface area (Å²) in [6, 6.07) is 9.36. The molecule has 0 unspecified atom stereocenters. The molecule has 0 aliphatic carbocycles. The summed E-state index contributed by atoms with van der Waals surface area (Å²) in [5.74, 6) is -0.0953. The molecule has 0 saturated carbocycles. The lowest BCUT2D eigenvalue weighted by molar-refractivity contribution is -0.117. The maximum atomic E-state index is 12.5. The number of amides is 1. The third kappa shape index (κ3) is 4.66. The fourth-order valence-corrected chi connectivity index (χ4v) is 3.35. The zero-order valence-corrected chi connectivity index (χ0v) is 15.3. The Kier molecular flexibility index (Phi) is 5.80. The van der Waals surface area contributed by atoms with Gasteiger partial charge in [0.1, 0.15) is 12.7 Å². The predicted molar refractivity (Wildman–Crippen MR) is 100 cm³/mol. The molecule has 2 heterocycles. The number of rotatable bonds is 7. The largest absolute Gasteiger partial charge is 0.323 e. The lowest BCUT2D eigenvalue weighted by atomic mass is 10.2. The van der Waals surface area contributed by atoms with Crippen LogP contribution in [-0.4, -0.2) is 38.7 Å². The van der Waals surface area contributed by atoms with Gasteiger partial charge in [0.25, 0.3) is 0 Å². The van der Waals surface area contributed by atoms with Crippen LogP contribution in [0.3, 0.4) is 0 Å². The van der Waals surface area contributed by atoms with E-state index in [2.05, 4.69) is 26.4 Å². The Morgan fingerprint density at radius 2 is 2.28 bits per heavy atom. The molecule has 3 rings (SSSR count). The van der Waals surface area contributed by atoms with Gasteiger partial charge < -0.3 is 5.32 Å². The van der Waals surface area contributed by atoms with Crippen molar-refractivity contribution in [1.82, 2.24) is 19.7 Å². The van der Waals surface area contributed by atoms with Crippen LogP contribution in [0.25, 0.3) is 5.69 Å². The van der Waals surface area contributed by atoms with Crippen LogP contribution in [0.1, 0.15) is 11.8 Å². The summed E-state index contributed by atoms with van der Waals surface area (Å²) in [7, 11) is 0. The summed E-state index contributed by atoms with van der Waals surface area (Å²) in [5, 5.41) is 9.63. The predicted octanol–water partition coefficient (Wildman–Crippen LogP) is 3.44. The van der Waals surface area contributed by atoms with Gasteiger partial charge in [0.2, 0.25) is 5.91 Å². The molecular weight excluding hydrogens is 358 g/mol. The van der Waals surface area contributed by atoms with E-state index in [1.165, 1.54) is 11.2 Å². The maximum absolute atomic E-state index is 12.5. The molecule has 6 nitrogen and oxygen atoms in total. The number of halogens is 1. The summed E-state index contributed by atoms with van der Waals surface area (Å²) in [4.78, 5) is 19.8. The van der Waals surface area contributed by atoms with Gasteiger partial charge in [-0.2, -0.15) is 5.10 Å². The van der Waals surface area contributed by atoms with Crippen molar-refractivity contribution in [3.05, 3.63) is 58.3 Å². The molecule has 0 radical (unpaired) electrons. The molecule has 1 aromatic carbocycles. The first-order valence-electron chi connectivity index (χ1n) is 7.85. The highest BCUT2D eigenvalue weighted by atomic mass is 35.5. The molecule has 1 amide bonds. The molecule has 0 aliphatic heterocycles. The molecule has 0 spiro atoms. The molecule has 1 N–H and O–H groups in total. The number of aromatic nitrogens is 3. The van der Waals surface area contributed by atoms with E-state index in [0.29, 0.717) is 17.3 Å². The van der Waals surface area contributed by atoms with Crippen LogP contribution in [0, 0.1) is 0 Å². The monoisotopic (exact) mass is 375 g/mol. The van der Waals surface area contributed by atoms with Gasteiger partial charge in [-0.1, -0.05) is 24.6 Å². The Bertz CT molecular complexity index is 820. The van der Waals surface area contributed by atoms with E-state index in [1.807, 2.05) is 18.4 Å². The minimum absolute atomic E-state index is 0.0953. The second kappa shape index (κ2) is 8.24. The van der Waals surface area contributed by atoms with Gasteiger partial charge >= 0.3 is 0 Å². The molecule has 0 bridgehead atoms. The summed E-state index contributed by atoms with van der Waals surface area (Å²) < 4.78 is 1.59. The van der Waals surface area contributed by atoms with Crippen molar-refractivity contribution >= 4 is 34.5 Å². The number of hydrogen-bond acceptors (Lipinski definition) is 5. The number of thiophene rings is 1. The number of carbonyl (C=O) groups is 1. The van der Waals surface area contributed by atoms with Crippen LogP contribution < -0.4 is 5.32 Å². The van der Waals surface area contributed by atoms with Gasteiger partial charge in [0.05, 0.1) is 17.9 Å². The second-order valence-electron chi connectivity index (χ2n) is 5.43. The molecule has 8 heteroatoms. The molecule has 0 saturated heterocycles. The van der Waals surface area contributed by atoms with Crippen molar-refractivity contribution in [2.45, 2.75) is 13.5 Å². The van der Waals surface area contributed by atoms with Crippen molar-refractivity contribution in [1.29, 1.82) is 0 Å². The fraction of sp³-hybridized carbons (Fsp3) is 0.235. The number of hydrogen-bond donors (Lipinski definition) is 1. The number of nitrogens with one attached hydrogen (secondary N) is 1. The third-order valence-corrected chi connectivity index (χ3v) is 4.77. The highest BCUT2D eigenvalue weighted by Gasteiger charge is 2.13. The Hall–Kier alpha value is -2.22. The first-order valence-corrected chi connectivity index (χ1v) is 9.10. The summed E-state index contributed by atoms with van der Waals surface area (Å²) in [6.45, 7) is 3.89. The van der Waals surface area contributed by atoms with Crippen LogP contribution in [0.15, 0.2) is 48.4 Å². The van der Waals surface area contributed by atoms with E-state index in [9.17, 15) is 4.79 Å². The molecule has 130 valence electrons. The van der Waals surface area contributed by atoms with Crippen molar-refractivity contribution in [2.75, 3.05) is 18.4 Å². The molecule has 0 fully saturated rings. The molecule has 25 heavy (non-hydrogen) atoms. The van der Waals surface area contributed by atoms with Gasteiger partial charge in [-0.05, 0) is 36.2 Å². The van der Waals surface area contributed by atoms with Gasteiger partial charge in [0.15, 0.2) is 0 Å². The topological polar surface area (TPSA) is 63.1 Å². The summed E-state index contributed by atoms with van der Waals surface area (Å²) in [6.07, 6.45) is 3.02. The third-order valence-electron chi connectivity index (χ3n) is 3.67. The molecule has 3 aromatic rings. The molecule has 2 aromatic heterocycles. The van der Waals surface area contributed by atoms with E-state index in [0.717, 1.165) is 18.8 Å². The SMILES string of the molecule is CCN(CC(=O)Nc1cc(Cl)ccc1-n1cncn1)Cc1cccs1. The molecule has 0 atom stereocenters. The number of carbonyl (C=O) groups excluding carboxylic acids is 1. The highest BCUT2D eigenvalue weighted by Crippen LogP contribution is 2.24. The standard InChI is InChI=1S/C17H18ClN5OS/c1-2-22(9-14-4-3-7-25-14)10-17(24)21-15-8-13(18)5-6-16(15)23-12-19-11-20-23/h3-8,11-12H,2,9-10H2,1H3,(H,21,24). The van der Waals surface area contributed by atoms with Crippen molar-refractivity contribution in [3.63, 3.8) is 0 Å². The zero-order chi connectivity index (χ0) is 17.6. The highest BCUT2D eigenvalue weighted by molar-refractivity contribution is 7.09.